The summed E-state index contributed by atoms with van der Waals surface area (Å²) in [6.07, 6.45) is -3.20. The Labute approximate surface area is 191 Å². The second-order valence-corrected chi connectivity index (χ2v) is 7.65. The zero-order valence-electron chi connectivity index (χ0n) is 17.2. The van der Waals surface area contributed by atoms with E-state index < -0.39 is 17.8 Å². The van der Waals surface area contributed by atoms with Crippen LogP contribution in [0.1, 0.15) is 11.3 Å². The second-order valence-electron chi connectivity index (χ2n) is 7.21. The second kappa shape index (κ2) is 8.67. The van der Waals surface area contributed by atoms with Gasteiger partial charge in [-0.15, -0.1) is 13.2 Å². The zero-order valence-corrected chi connectivity index (χ0v) is 17.9. The fourth-order valence-corrected chi connectivity index (χ4v) is 3.51. The largest absolute Gasteiger partial charge is 0.573 e. The van der Waals surface area contributed by atoms with E-state index in [2.05, 4.69) is 9.72 Å². The highest BCUT2D eigenvalue weighted by Crippen LogP contribution is 2.26. The fourth-order valence-electron chi connectivity index (χ4n) is 3.39. The predicted octanol–water partition coefficient (Wildman–Crippen LogP) is 5.32. The number of alkyl halides is 3. The molecule has 4 rings (SSSR count). The molecule has 0 amide bonds. The molecule has 2 heterocycles. The van der Waals surface area contributed by atoms with Gasteiger partial charge in [-0.3, -0.25) is 9.55 Å². The lowest BCUT2D eigenvalue weighted by Crippen LogP contribution is -2.24. The number of hydrogen-bond acceptors (Lipinski definition) is 4. The SMILES string of the molecule is Cc1c(O)n(-c2ccc(OC(F)(F)F)cc2)c(=O)n1Cc1ccnc(-c2ccc(Cl)cc2)c1. The Kier molecular flexibility index (Phi) is 5.90. The maximum Gasteiger partial charge on any atom is 0.573 e. The molecule has 10 heteroatoms. The summed E-state index contributed by atoms with van der Waals surface area (Å²) in [6, 6.07) is 15.4. The quantitative estimate of drug-likeness (QED) is 0.424. The van der Waals surface area contributed by atoms with Crippen molar-refractivity contribution in [1.29, 1.82) is 0 Å². The van der Waals surface area contributed by atoms with E-state index in [4.69, 9.17) is 11.6 Å². The summed E-state index contributed by atoms with van der Waals surface area (Å²) in [4.78, 5) is 17.4. The number of pyridine rings is 1. The number of imidazole rings is 1. The van der Waals surface area contributed by atoms with Crippen LogP contribution >= 0.6 is 11.6 Å². The Morgan fingerprint density at radius 2 is 1.73 bits per heavy atom. The molecule has 0 aliphatic carbocycles. The Balaban J connectivity index is 1.65. The van der Waals surface area contributed by atoms with Gasteiger partial charge in [-0.05, 0) is 61.0 Å². The third-order valence-corrected chi connectivity index (χ3v) is 5.25. The normalized spacial score (nSPS) is 11.5. The van der Waals surface area contributed by atoms with Crippen LogP contribution in [0.3, 0.4) is 0 Å². The number of rotatable bonds is 5. The van der Waals surface area contributed by atoms with Crippen molar-refractivity contribution in [2.75, 3.05) is 0 Å². The van der Waals surface area contributed by atoms with Gasteiger partial charge in [0, 0.05) is 16.8 Å². The van der Waals surface area contributed by atoms with Gasteiger partial charge in [0.15, 0.2) is 0 Å². The molecule has 0 fully saturated rings. The van der Waals surface area contributed by atoms with Gasteiger partial charge in [0.25, 0.3) is 0 Å². The van der Waals surface area contributed by atoms with Crippen LogP contribution < -0.4 is 10.4 Å². The maximum absolute atomic E-state index is 13.0. The molecule has 0 unspecified atom stereocenters. The summed E-state index contributed by atoms with van der Waals surface area (Å²) in [5.41, 5.74) is 2.28. The number of ether oxygens (including phenoxy) is 1. The van der Waals surface area contributed by atoms with Crippen molar-refractivity contribution in [3.63, 3.8) is 0 Å². The minimum Gasteiger partial charge on any atom is -0.493 e. The van der Waals surface area contributed by atoms with Crippen LogP contribution in [0.2, 0.25) is 5.02 Å². The van der Waals surface area contributed by atoms with Crippen LogP contribution in [-0.4, -0.2) is 25.6 Å². The molecule has 6 nitrogen and oxygen atoms in total. The smallest absolute Gasteiger partial charge is 0.493 e. The average Bonchev–Trinajstić information content (AvgIpc) is 2.97. The van der Waals surface area contributed by atoms with E-state index in [1.165, 1.54) is 16.7 Å². The highest BCUT2D eigenvalue weighted by molar-refractivity contribution is 6.30. The molecule has 170 valence electrons. The first kappa shape index (κ1) is 22.5. The van der Waals surface area contributed by atoms with Gasteiger partial charge in [0.05, 0.1) is 23.6 Å². The molecule has 2 aromatic heterocycles. The summed E-state index contributed by atoms with van der Waals surface area (Å²) in [5, 5.41) is 11.2. The van der Waals surface area contributed by atoms with Crippen molar-refractivity contribution < 1.29 is 23.0 Å². The number of benzene rings is 2. The summed E-state index contributed by atoms with van der Waals surface area (Å²) < 4.78 is 43.4. The minimum absolute atomic E-state index is 0.156. The molecule has 2 aromatic carbocycles. The third kappa shape index (κ3) is 4.88. The summed E-state index contributed by atoms with van der Waals surface area (Å²) >= 11 is 5.94. The van der Waals surface area contributed by atoms with Gasteiger partial charge in [-0.25, -0.2) is 9.36 Å². The highest BCUT2D eigenvalue weighted by Gasteiger charge is 2.31. The summed E-state index contributed by atoms with van der Waals surface area (Å²) in [5.74, 6) is -0.738. The molecule has 0 radical (unpaired) electrons. The van der Waals surface area contributed by atoms with E-state index in [1.807, 2.05) is 18.2 Å². The standard InChI is InChI=1S/C23H17ClF3N3O3/c1-14-21(31)30(18-6-8-19(9-7-18)33-23(25,26)27)22(32)29(14)13-15-10-11-28-20(12-15)16-2-4-17(24)5-3-16/h2-12,31H,13H2,1H3. The molecule has 0 saturated heterocycles. The van der Waals surface area contributed by atoms with Gasteiger partial charge in [-0.2, -0.15) is 0 Å². The predicted molar refractivity (Wildman–Crippen MR) is 117 cm³/mol. The van der Waals surface area contributed by atoms with E-state index in [9.17, 15) is 23.1 Å². The lowest BCUT2D eigenvalue weighted by Gasteiger charge is -2.09. The summed E-state index contributed by atoms with van der Waals surface area (Å²) in [7, 11) is 0. The van der Waals surface area contributed by atoms with Gasteiger partial charge < -0.3 is 9.84 Å². The number of aromatic hydroxyl groups is 1. The molecule has 33 heavy (non-hydrogen) atoms. The van der Waals surface area contributed by atoms with E-state index in [1.54, 1.807) is 31.3 Å². The minimum atomic E-state index is -4.82. The van der Waals surface area contributed by atoms with E-state index in [-0.39, 0.29) is 18.1 Å². The van der Waals surface area contributed by atoms with Crippen LogP contribution in [0, 0.1) is 6.92 Å². The molecular weight excluding hydrogens is 459 g/mol. The van der Waals surface area contributed by atoms with Crippen LogP contribution in [-0.2, 0) is 6.54 Å². The fraction of sp³-hybridized carbons (Fsp3) is 0.130. The third-order valence-electron chi connectivity index (χ3n) is 5.00. The van der Waals surface area contributed by atoms with E-state index >= 15 is 0 Å². The molecule has 0 aliphatic heterocycles. The highest BCUT2D eigenvalue weighted by atomic mass is 35.5. The molecule has 4 aromatic rings. The van der Waals surface area contributed by atoms with Crippen LogP contribution in [0.25, 0.3) is 16.9 Å². The Morgan fingerprint density at radius 1 is 1.06 bits per heavy atom. The Bertz CT molecular complexity index is 1340. The van der Waals surface area contributed by atoms with Crippen molar-refractivity contribution in [1.82, 2.24) is 14.1 Å². The maximum atomic E-state index is 13.0. The lowest BCUT2D eigenvalue weighted by atomic mass is 10.1. The Hall–Kier alpha value is -3.72. The van der Waals surface area contributed by atoms with Gasteiger partial charge in [0.2, 0.25) is 5.88 Å². The van der Waals surface area contributed by atoms with Gasteiger partial charge in [0.1, 0.15) is 5.75 Å². The van der Waals surface area contributed by atoms with Crippen molar-refractivity contribution in [3.05, 3.63) is 93.6 Å². The molecule has 0 saturated carbocycles. The Morgan fingerprint density at radius 3 is 2.36 bits per heavy atom. The van der Waals surface area contributed by atoms with Crippen LogP contribution in [0.5, 0.6) is 11.6 Å². The number of halogens is 4. The van der Waals surface area contributed by atoms with Crippen molar-refractivity contribution in [2.24, 2.45) is 0 Å². The zero-order chi connectivity index (χ0) is 23.8. The molecule has 0 atom stereocenters. The molecule has 0 spiro atoms. The van der Waals surface area contributed by atoms with E-state index in [0.717, 1.165) is 27.8 Å². The van der Waals surface area contributed by atoms with Crippen molar-refractivity contribution in [3.8, 4) is 28.6 Å². The molecular formula is C23H17ClF3N3O3. The first-order chi connectivity index (χ1) is 15.6. The first-order valence-corrected chi connectivity index (χ1v) is 10.1. The van der Waals surface area contributed by atoms with Crippen LogP contribution in [0.15, 0.2) is 71.7 Å². The first-order valence-electron chi connectivity index (χ1n) is 9.70. The average molecular weight is 476 g/mol. The van der Waals surface area contributed by atoms with Gasteiger partial charge in [-0.1, -0.05) is 23.7 Å². The van der Waals surface area contributed by atoms with Crippen molar-refractivity contribution >= 4 is 11.6 Å². The number of hydrogen-bond donors (Lipinski definition) is 1. The molecule has 0 bridgehead atoms. The van der Waals surface area contributed by atoms with Gasteiger partial charge >= 0.3 is 12.1 Å². The number of aromatic nitrogens is 3. The lowest BCUT2D eigenvalue weighted by molar-refractivity contribution is -0.274. The molecule has 0 aliphatic rings. The monoisotopic (exact) mass is 475 g/mol. The van der Waals surface area contributed by atoms with Crippen molar-refractivity contribution in [2.45, 2.75) is 19.8 Å². The topological polar surface area (TPSA) is 69.3 Å². The summed E-state index contributed by atoms with van der Waals surface area (Å²) in [6.45, 7) is 1.74. The van der Waals surface area contributed by atoms with E-state index in [0.29, 0.717) is 16.4 Å². The number of nitrogens with zero attached hydrogens (tertiary/aromatic N) is 3. The molecule has 1 N–H and O–H groups in total. The van der Waals surface area contributed by atoms with Crippen LogP contribution in [0.4, 0.5) is 13.2 Å².